The van der Waals surface area contributed by atoms with Gasteiger partial charge in [0, 0.05) is 23.4 Å². The SMILES string of the molecule is COc1ccc(Br)c(Cn2ccc(C(O)C(C)C)c2)c1. The first-order valence-corrected chi connectivity index (χ1v) is 7.46. The zero-order valence-electron chi connectivity index (χ0n) is 12.0. The largest absolute Gasteiger partial charge is 0.497 e. The fourth-order valence-corrected chi connectivity index (χ4v) is 2.49. The first kappa shape index (κ1) is 15.1. The third kappa shape index (κ3) is 3.44. The normalized spacial score (nSPS) is 12.7. The first-order valence-electron chi connectivity index (χ1n) is 6.67. The summed E-state index contributed by atoms with van der Waals surface area (Å²) in [6.45, 7) is 4.77. The zero-order chi connectivity index (χ0) is 14.7. The fourth-order valence-electron chi connectivity index (χ4n) is 2.11. The van der Waals surface area contributed by atoms with Crippen molar-refractivity contribution in [2.75, 3.05) is 7.11 Å². The summed E-state index contributed by atoms with van der Waals surface area (Å²) >= 11 is 3.56. The molecule has 1 N–H and O–H groups in total. The monoisotopic (exact) mass is 337 g/mol. The van der Waals surface area contributed by atoms with Crippen molar-refractivity contribution in [2.45, 2.75) is 26.5 Å². The Bertz CT molecular complexity index is 578. The van der Waals surface area contributed by atoms with Crippen molar-refractivity contribution in [1.29, 1.82) is 0 Å². The highest BCUT2D eigenvalue weighted by atomic mass is 79.9. The lowest BCUT2D eigenvalue weighted by Crippen LogP contribution is -2.04. The van der Waals surface area contributed by atoms with E-state index in [0.29, 0.717) is 0 Å². The molecule has 0 aliphatic rings. The van der Waals surface area contributed by atoms with Gasteiger partial charge in [-0.2, -0.15) is 0 Å². The van der Waals surface area contributed by atoms with Gasteiger partial charge in [-0.15, -0.1) is 0 Å². The Hall–Kier alpha value is -1.26. The second kappa shape index (κ2) is 6.46. The second-order valence-electron chi connectivity index (χ2n) is 5.26. The summed E-state index contributed by atoms with van der Waals surface area (Å²) in [6, 6.07) is 7.90. The fraction of sp³-hybridized carbons (Fsp3) is 0.375. The molecule has 2 rings (SSSR count). The molecule has 0 amide bonds. The van der Waals surface area contributed by atoms with Crippen LogP contribution in [0.15, 0.2) is 41.1 Å². The van der Waals surface area contributed by atoms with Crippen LogP contribution in [0.3, 0.4) is 0 Å². The number of methoxy groups -OCH3 is 1. The molecule has 0 aliphatic carbocycles. The molecule has 0 radical (unpaired) electrons. The maximum absolute atomic E-state index is 10.1. The molecule has 0 bridgehead atoms. The number of hydrogen-bond donors (Lipinski definition) is 1. The molecule has 4 heteroatoms. The molecule has 1 unspecified atom stereocenters. The van der Waals surface area contributed by atoms with Gasteiger partial charge in [0.05, 0.1) is 13.2 Å². The van der Waals surface area contributed by atoms with Crippen LogP contribution in [0.5, 0.6) is 5.75 Å². The van der Waals surface area contributed by atoms with E-state index in [0.717, 1.165) is 27.9 Å². The second-order valence-corrected chi connectivity index (χ2v) is 6.12. The number of aliphatic hydroxyl groups is 1. The summed E-state index contributed by atoms with van der Waals surface area (Å²) in [7, 11) is 1.67. The number of benzene rings is 1. The predicted octanol–water partition coefficient (Wildman–Crippen LogP) is 4.00. The molecule has 0 saturated carbocycles. The van der Waals surface area contributed by atoms with Gasteiger partial charge in [-0.05, 0) is 41.3 Å². The maximum atomic E-state index is 10.1. The van der Waals surface area contributed by atoms with E-state index >= 15 is 0 Å². The minimum atomic E-state index is -0.412. The van der Waals surface area contributed by atoms with E-state index in [1.807, 2.05) is 50.5 Å². The Balaban J connectivity index is 2.18. The van der Waals surface area contributed by atoms with Crippen molar-refractivity contribution in [3.05, 3.63) is 52.3 Å². The molecule has 1 heterocycles. The molecule has 0 spiro atoms. The molecule has 3 nitrogen and oxygen atoms in total. The highest BCUT2D eigenvalue weighted by Crippen LogP contribution is 2.25. The maximum Gasteiger partial charge on any atom is 0.119 e. The van der Waals surface area contributed by atoms with Crippen LogP contribution in [-0.4, -0.2) is 16.8 Å². The van der Waals surface area contributed by atoms with Crippen LogP contribution in [0, 0.1) is 5.92 Å². The Morgan fingerprint density at radius 2 is 2.05 bits per heavy atom. The topological polar surface area (TPSA) is 34.4 Å². The van der Waals surface area contributed by atoms with E-state index in [9.17, 15) is 5.11 Å². The third-order valence-electron chi connectivity index (χ3n) is 3.35. The Labute approximate surface area is 128 Å². The Kier molecular flexibility index (Phi) is 4.89. The van der Waals surface area contributed by atoms with Crippen molar-refractivity contribution in [3.63, 3.8) is 0 Å². The lowest BCUT2D eigenvalue weighted by Gasteiger charge is -2.12. The van der Waals surface area contributed by atoms with Gasteiger partial charge in [-0.25, -0.2) is 0 Å². The van der Waals surface area contributed by atoms with Crippen LogP contribution in [0.2, 0.25) is 0 Å². The molecule has 20 heavy (non-hydrogen) atoms. The van der Waals surface area contributed by atoms with Gasteiger partial charge < -0.3 is 14.4 Å². The number of rotatable bonds is 5. The van der Waals surface area contributed by atoms with Crippen LogP contribution in [0.25, 0.3) is 0 Å². The Morgan fingerprint density at radius 3 is 2.70 bits per heavy atom. The highest BCUT2D eigenvalue weighted by Gasteiger charge is 2.13. The molecule has 1 atom stereocenters. The van der Waals surface area contributed by atoms with Gasteiger partial charge in [0.15, 0.2) is 0 Å². The van der Waals surface area contributed by atoms with E-state index in [4.69, 9.17) is 4.74 Å². The lowest BCUT2D eigenvalue weighted by molar-refractivity contribution is 0.127. The standard InChI is InChI=1S/C16H20BrNO2/c1-11(2)16(19)12-6-7-18(9-12)10-13-8-14(20-3)4-5-15(13)17/h4-9,11,16,19H,10H2,1-3H3. The average molecular weight is 338 g/mol. The molecule has 1 aromatic heterocycles. The van der Waals surface area contributed by atoms with Gasteiger partial charge in [0.2, 0.25) is 0 Å². The van der Waals surface area contributed by atoms with Crippen molar-refractivity contribution in [3.8, 4) is 5.75 Å². The summed E-state index contributed by atoms with van der Waals surface area (Å²) in [5.41, 5.74) is 2.10. The van der Waals surface area contributed by atoms with Crippen LogP contribution in [0.1, 0.15) is 31.1 Å². The van der Waals surface area contributed by atoms with Crippen molar-refractivity contribution < 1.29 is 9.84 Å². The van der Waals surface area contributed by atoms with Gasteiger partial charge in [0.25, 0.3) is 0 Å². The van der Waals surface area contributed by atoms with E-state index < -0.39 is 6.10 Å². The van der Waals surface area contributed by atoms with Crippen molar-refractivity contribution in [2.24, 2.45) is 5.92 Å². The quantitative estimate of drug-likeness (QED) is 0.894. The van der Waals surface area contributed by atoms with E-state index in [1.165, 1.54) is 0 Å². The van der Waals surface area contributed by atoms with Crippen molar-refractivity contribution >= 4 is 15.9 Å². The van der Waals surface area contributed by atoms with E-state index in [1.54, 1.807) is 7.11 Å². The Morgan fingerprint density at radius 1 is 1.30 bits per heavy atom. The van der Waals surface area contributed by atoms with Crippen molar-refractivity contribution in [1.82, 2.24) is 4.57 Å². The molecule has 108 valence electrons. The molecule has 2 aromatic rings. The molecular weight excluding hydrogens is 318 g/mol. The number of halogens is 1. The predicted molar refractivity (Wildman–Crippen MR) is 84.0 cm³/mol. The molecular formula is C16H20BrNO2. The average Bonchev–Trinajstić information content (AvgIpc) is 2.88. The molecule has 0 saturated heterocycles. The summed E-state index contributed by atoms with van der Waals surface area (Å²) in [4.78, 5) is 0. The van der Waals surface area contributed by atoms with Crippen LogP contribution in [0.4, 0.5) is 0 Å². The molecule has 0 aliphatic heterocycles. The summed E-state index contributed by atoms with van der Waals surface area (Å²) < 4.78 is 8.38. The smallest absolute Gasteiger partial charge is 0.119 e. The minimum absolute atomic E-state index is 0.217. The van der Waals surface area contributed by atoms with Crippen LogP contribution in [-0.2, 0) is 6.54 Å². The minimum Gasteiger partial charge on any atom is -0.497 e. The third-order valence-corrected chi connectivity index (χ3v) is 4.13. The van der Waals surface area contributed by atoms with E-state index in [2.05, 4.69) is 20.5 Å². The number of hydrogen-bond acceptors (Lipinski definition) is 2. The lowest BCUT2D eigenvalue weighted by atomic mass is 10.0. The van der Waals surface area contributed by atoms with Gasteiger partial charge in [-0.1, -0.05) is 29.8 Å². The molecule has 1 aromatic carbocycles. The molecule has 0 fully saturated rings. The number of aliphatic hydroxyl groups excluding tert-OH is 1. The van der Waals surface area contributed by atoms with E-state index in [-0.39, 0.29) is 5.92 Å². The van der Waals surface area contributed by atoms with Crippen LogP contribution < -0.4 is 4.74 Å². The first-order chi connectivity index (χ1) is 9.51. The van der Waals surface area contributed by atoms with Gasteiger partial charge in [-0.3, -0.25) is 0 Å². The van der Waals surface area contributed by atoms with Gasteiger partial charge >= 0.3 is 0 Å². The highest BCUT2D eigenvalue weighted by molar-refractivity contribution is 9.10. The summed E-state index contributed by atoms with van der Waals surface area (Å²) in [5.74, 6) is 1.06. The number of ether oxygens (including phenoxy) is 1. The van der Waals surface area contributed by atoms with Crippen LogP contribution >= 0.6 is 15.9 Å². The summed E-state index contributed by atoms with van der Waals surface area (Å²) in [5, 5.41) is 10.1. The summed E-state index contributed by atoms with van der Waals surface area (Å²) in [6.07, 6.45) is 3.58. The zero-order valence-corrected chi connectivity index (χ0v) is 13.6. The van der Waals surface area contributed by atoms with Gasteiger partial charge in [0.1, 0.15) is 5.75 Å². The number of nitrogens with zero attached hydrogens (tertiary/aromatic N) is 1. The number of aromatic nitrogens is 1.